The van der Waals surface area contributed by atoms with Gasteiger partial charge in [0, 0.05) is 6.42 Å². The van der Waals surface area contributed by atoms with Gasteiger partial charge in [-0.25, -0.2) is 0 Å². The Balaban J connectivity index is 1.93. The molecule has 0 spiro atoms. The van der Waals surface area contributed by atoms with E-state index in [4.69, 9.17) is 0 Å². The van der Waals surface area contributed by atoms with Gasteiger partial charge >= 0.3 is 0 Å². The molecule has 0 heterocycles. The molecule has 0 aliphatic heterocycles. The van der Waals surface area contributed by atoms with Gasteiger partial charge in [0.2, 0.25) is 0 Å². The van der Waals surface area contributed by atoms with Gasteiger partial charge in [-0.15, -0.1) is 0 Å². The molecule has 0 amide bonds. The van der Waals surface area contributed by atoms with E-state index in [1.165, 1.54) is 12.8 Å². The molecule has 0 unspecified atom stereocenters. The molecule has 0 aromatic rings. The van der Waals surface area contributed by atoms with E-state index in [9.17, 15) is 10.2 Å². The molecule has 88 valence electrons. The molecule has 2 rings (SSSR count). The van der Waals surface area contributed by atoms with Crippen LogP contribution in [0.2, 0.25) is 0 Å². The smallest absolute Gasteiger partial charge is 0.0675 e. The van der Waals surface area contributed by atoms with Crippen molar-refractivity contribution >= 4 is 0 Å². The van der Waals surface area contributed by atoms with Crippen LogP contribution >= 0.6 is 0 Å². The monoisotopic (exact) mass is 212 g/mol. The maximum atomic E-state index is 10.4. The molecule has 2 N–H and O–H groups in total. The van der Waals surface area contributed by atoms with Crippen molar-refractivity contribution in [3.8, 4) is 0 Å². The number of hydrogen-bond acceptors (Lipinski definition) is 2. The topological polar surface area (TPSA) is 40.5 Å². The van der Waals surface area contributed by atoms with Crippen molar-refractivity contribution in [2.45, 2.75) is 81.8 Å². The highest BCUT2D eigenvalue weighted by Gasteiger charge is 2.39. The quantitative estimate of drug-likeness (QED) is 0.739. The number of aliphatic hydroxyl groups is 2. The Labute approximate surface area is 92.7 Å². The average molecular weight is 212 g/mol. The molecule has 0 radical (unpaired) electrons. The first-order chi connectivity index (χ1) is 7.12. The van der Waals surface area contributed by atoms with Gasteiger partial charge < -0.3 is 10.2 Å². The van der Waals surface area contributed by atoms with Gasteiger partial charge in [-0.3, -0.25) is 0 Å². The Kier molecular flexibility index (Phi) is 3.36. The van der Waals surface area contributed by atoms with E-state index in [1.807, 2.05) is 0 Å². The second-order valence-corrected chi connectivity index (χ2v) is 5.75. The minimum absolute atomic E-state index is 0.551. The van der Waals surface area contributed by atoms with Crippen LogP contribution in [0.5, 0.6) is 0 Å². The third-order valence-electron chi connectivity index (χ3n) is 4.23. The molecule has 2 aliphatic rings. The second kappa shape index (κ2) is 4.42. The van der Waals surface area contributed by atoms with Crippen LogP contribution < -0.4 is 0 Å². The van der Waals surface area contributed by atoms with Crippen LogP contribution in [-0.4, -0.2) is 21.4 Å². The van der Waals surface area contributed by atoms with Crippen LogP contribution in [0.3, 0.4) is 0 Å². The molecule has 15 heavy (non-hydrogen) atoms. The molecule has 2 aliphatic carbocycles. The SMILES string of the molecule is OC1(CC2(O)CCCCC2)CCCCC1. The highest BCUT2D eigenvalue weighted by molar-refractivity contribution is 4.93. The predicted octanol–water partition coefficient (Wildman–Crippen LogP) is 2.77. The third-order valence-corrected chi connectivity index (χ3v) is 4.23. The largest absolute Gasteiger partial charge is 0.390 e. The van der Waals surface area contributed by atoms with Gasteiger partial charge in [-0.1, -0.05) is 38.5 Å². The first-order valence-electron chi connectivity index (χ1n) is 6.57. The molecule has 2 saturated carbocycles. The summed E-state index contributed by atoms with van der Waals surface area (Å²) in [5, 5.41) is 20.9. The lowest BCUT2D eigenvalue weighted by atomic mass is 9.72. The zero-order valence-corrected chi connectivity index (χ0v) is 9.67. The molecule has 0 bridgehead atoms. The minimum atomic E-state index is -0.551. The molecular weight excluding hydrogens is 188 g/mol. The zero-order valence-electron chi connectivity index (χ0n) is 9.67. The molecular formula is C13H24O2. The lowest BCUT2D eigenvalue weighted by Crippen LogP contribution is -2.43. The lowest BCUT2D eigenvalue weighted by Gasteiger charge is -2.41. The third kappa shape index (κ3) is 2.94. The van der Waals surface area contributed by atoms with Gasteiger partial charge in [0.1, 0.15) is 0 Å². The first-order valence-corrected chi connectivity index (χ1v) is 6.57. The maximum Gasteiger partial charge on any atom is 0.0675 e. The number of hydrogen-bond donors (Lipinski definition) is 2. The summed E-state index contributed by atoms with van der Waals surface area (Å²) in [6.07, 6.45) is 11.2. The van der Waals surface area contributed by atoms with Crippen LogP contribution in [0, 0.1) is 0 Å². The van der Waals surface area contributed by atoms with Crippen molar-refractivity contribution in [1.29, 1.82) is 0 Å². The molecule has 0 aromatic heterocycles. The van der Waals surface area contributed by atoms with E-state index >= 15 is 0 Å². The summed E-state index contributed by atoms with van der Waals surface area (Å²) in [4.78, 5) is 0. The summed E-state index contributed by atoms with van der Waals surface area (Å²) < 4.78 is 0. The van der Waals surface area contributed by atoms with Crippen LogP contribution in [0.15, 0.2) is 0 Å². The van der Waals surface area contributed by atoms with E-state index < -0.39 is 11.2 Å². The van der Waals surface area contributed by atoms with Gasteiger partial charge in [-0.2, -0.15) is 0 Å². The van der Waals surface area contributed by atoms with Crippen molar-refractivity contribution in [2.75, 3.05) is 0 Å². The van der Waals surface area contributed by atoms with Crippen molar-refractivity contribution in [3.63, 3.8) is 0 Å². The van der Waals surface area contributed by atoms with E-state index in [-0.39, 0.29) is 0 Å². The molecule has 2 fully saturated rings. The van der Waals surface area contributed by atoms with E-state index in [0.29, 0.717) is 6.42 Å². The lowest BCUT2D eigenvalue weighted by molar-refractivity contribution is -0.0955. The summed E-state index contributed by atoms with van der Waals surface area (Å²) >= 11 is 0. The van der Waals surface area contributed by atoms with Crippen molar-refractivity contribution in [1.82, 2.24) is 0 Å². The van der Waals surface area contributed by atoms with Gasteiger partial charge in [-0.05, 0) is 25.7 Å². The fourth-order valence-electron chi connectivity index (χ4n) is 3.39. The van der Waals surface area contributed by atoms with Crippen LogP contribution in [0.1, 0.15) is 70.6 Å². The van der Waals surface area contributed by atoms with Crippen LogP contribution in [0.25, 0.3) is 0 Å². The molecule has 0 atom stereocenters. The average Bonchev–Trinajstić information content (AvgIpc) is 2.18. The zero-order chi connectivity index (χ0) is 10.8. The summed E-state index contributed by atoms with van der Waals surface area (Å²) in [6, 6.07) is 0. The Bertz CT molecular complexity index is 179. The summed E-state index contributed by atoms with van der Waals surface area (Å²) in [6.45, 7) is 0. The Morgan fingerprint density at radius 3 is 1.27 bits per heavy atom. The normalized spacial score (nSPS) is 30.0. The van der Waals surface area contributed by atoms with Crippen molar-refractivity contribution in [2.24, 2.45) is 0 Å². The highest BCUT2D eigenvalue weighted by atomic mass is 16.3. The summed E-state index contributed by atoms with van der Waals surface area (Å²) in [5.41, 5.74) is -1.10. The summed E-state index contributed by atoms with van der Waals surface area (Å²) in [7, 11) is 0. The van der Waals surface area contributed by atoms with Crippen molar-refractivity contribution in [3.05, 3.63) is 0 Å². The molecule has 0 aromatic carbocycles. The Morgan fingerprint density at radius 2 is 0.933 bits per heavy atom. The fraction of sp³-hybridized carbons (Fsp3) is 1.00. The standard InChI is InChI=1S/C13H24O2/c14-12(7-3-1-4-8-12)11-13(15)9-5-2-6-10-13/h14-15H,1-11H2. The highest BCUT2D eigenvalue weighted by Crippen LogP contribution is 2.40. The van der Waals surface area contributed by atoms with E-state index in [1.54, 1.807) is 0 Å². The van der Waals surface area contributed by atoms with Gasteiger partial charge in [0.15, 0.2) is 0 Å². The second-order valence-electron chi connectivity index (χ2n) is 5.75. The Morgan fingerprint density at radius 1 is 0.600 bits per heavy atom. The maximum absolute atomic E-state index is 10.4. The predicted molar refractivity (Wildman–Crippen MR) is 60.7 cm³/mol. The molecule has 0 saturated heterocycles. The van der Waals surface area contributed by atoms with Crippen LogP contribution in [-0.2, 0) is 0 Å². The van der Waals surface area contributed by atoms with E-state index in [2.05, 4.69) is 0 Å². The minimum Gasteiger partial charge on any atom is -0.390 e. The van der Waals surface area contributed by atoms with Crippen molar-refractivity contribution < 1.29 is 10.2 Å². The fourth-order valence-corrected chi connectivity index (χ4v) is 3.39. The summed E-state index contributed by atoms with van der Waals surface area (Å²) in [5.74, 6) is 0. The van der Waals surface area contributed by atoms with Gasteiger partial charge in [0.05, 0.1) is 11.2 Å². The molecule has 2 heteroatoms. The van der Waals surface area contributed by atoms with Crippen LogP contribution in [0.4, 0.5) is 0 Å². The van der Waals surface area contributed by atoms with Gasteiger partial charge in [0.25, 0.3) is 0 Å². The first kappa shape index (κ1) is 11.4. The Hall–Kier alpha value is -0.0800. The van der Waals surface area contributed by atoms with E-state index in [0.717, 1.165) is 51.4 Å². The molecule has 2 nitrogen and oxygen atoms in total. The number of rotatable bonds is 2.